The van der Waals surface area contributed by atoms with Crippen molar-refractivity contribution in [1.82, 2.24) is 9.55 Å². The van der Waals surface area contributed by atoms with Gasteiger partial charge in [-0.2, -0.15) is 0 Å². The average molecular weight is 435 g/mol. The number of nitrogens with two attached hydrogens (primary N) is 1. The molecule has 0 fully saturated rings. The SMILES string of the molecule is CCCCN(C(=O)CSCC(=O)OC)c1c(N)n(Cc2ccccc2)c(=O)[nH]c1=O. The van der Waals surface area contributed by atoms with E-state index >= 15 is 0 Å². The van der Waals surface area contributed by atoms with Gasteiger partial charge in [0, 0.05) is 6.54 Å². The van der Waals surface area contributed by atoms with Crippen molar-refractivity contribution in [2.24, 2.45) is 0 Å². The number of esters is 1. The van der Waals surface area contributed by atoms with Crippen LogP contribution in [-0.2, 0) is 20.9 Å². The third-order valence-electron chi connectivity index (χ3n) is 4.38. The number of anilines is 2. The summed E-state index contributed by atoms with van der Waals surface area (Å²) in [5.41, 5.74) is 5.62. The van der Waals surface area contributed by atoms with Crippen molar-refractivity contribution in [2.75, 3.05) is 35.8 Å². The number of hydrogen-bond acceptors (Lipinski definition) is 7. The van der Waals surface area contributed by atoms with Crippen LogP contribution in [0.5, 0.6) is 0 Å². The van der Waals surface area contributed by atoms with Crippen molar-refractivity contribution in [1.29, 1.82) is 0 Å². The lowest BCUT2D eigenvalue weighted by Crippen LogP contribution is -2.42. The lowest BCUT2D eigenvalue weighted by atomic mass is 10.2. The summed E-state index contributed by atoms with van der Waals surface area (Å²) in [6, 6.07) is 9.18. The van der Waals surface area contributed by atoms with Crippen molar-refractivity contribution in [2.45, 2.75) is 26.3 Å². The number of carbonyl (C=O) groups excluding carboxylic acids is 2. The first-order chi connectivity index (χ1) is 14.4. The monoisotopic (exact) mass is 434 g/mol. The summed E-state index contributed by atoms with van der Waals surface area (Å²) in [5.74, 6) is -0.908. The van der Waals surface area contributed by atoms with Gasteiger partial charge in [0.25, 0.3) is 5.56 Å². The number of unbranched alkanes of at least 4 members (excludes halogenated alkanes) is 1. The van der Waals surface area contributed by atoms with Crippen LogP contribution in [0, 0.1) is 0 Å². The number of methoxy groups -OCH3 is 1. The molecule has 0 aliphatic heterocycles. The molecule has 0 bridgehead atoms. The summed E-state index contributed by atoms with van der Waals surface area (Å²) < 4.78 is 5.80. The van der Waals surface area contributed by atoms with Gasteiger partial charge in [-0.15, -0.1) is 11.8 Å². The second kappa shape index (κ2) is 11.2. The molecule has 30 heavy (non-hydrogen) atoms. The Labute approximate surface area is 178 Å². The Morgan fingerprint density at radius 3 is 2.53 bits per heavy atom. The molecule has 0 unspecified atom stereocenters. The zero-order valence-electron chi connectivity index (χ0n) is 17.1. The Kier molecular flexibility index (Phi) is 8.72. The number of nitrogens with one attached hydrogen (secondary N) is 1. The van der Waals surface area contributed by atoms with Crippen LogP contribution >= 0.6 is 11.8 Å². The van der Waals surface area contributed by atoms with Crippen LogP contribution in [0.4, 0.5) is 11.5 Å². The van der Waals surface area contributed by atoms with Crippen molar-refractivity contribution < 1.29 is 14.3 Å². The molecule has 9 nitrogen and oxygen atoms in total. The highest BCUT2D eigenvalue weighted by Crippen LogP contribution is 2.20. The molecule has 0 saturated carbocycles. The molecule has 0 aliphatic carbocycles. The zero-order valence-corrected chi connectivity index (χ0v) is 17.9. The fraction of sp³-hybridized carbons (Fsp3) is 0.400. The minimum Gasteiger partial charge on any atom is -0.468 e. The molecule has 3 N–H and O–H groups in total. The summed E-state index contributed by atoms with van der Waals surface area (Å²) in [6.07, 6.45) is 1.44. The maximum Gasteiger partial charge on any atom is 0.330 e. The average Bonchev–Trinajstić information content (AvgIpc) is 2.73. The zero-order chi connectivity index (χ0) is 22.1. The van der Waals surface area contributed by atoms with E-state index in [0.29, 0.717) is 6.42 Å². The first-order valence-corrected chi connectivity index (χ1v) is 10.7. The third kappa shape index (κ3) is 5.99. The number of amides is 1. The van der Waals surface area contributed by atoms with Crippen LogP contribution in [-0.4, -0.2) is 46.6 Å². The van der Waals surface area contributed by atoms with Crippen LogP contribution in [0.3, 0.4) is 0 Å². The number of nitrogens with zero attached hydrogens (tertiary/aromatic N) is 2. The van der Waals surface area contributed by atoms with E-state index in [9.17, 15) is 19.2 Å². The molecule has 0 aliphatic rings. The van der Waals surface area contributed by atoms with Crippen molar-refractivity contribution in [3.05, 3.63) is 56.7 Å². The Morgan fingerprint density at radius 2 is 1.90 bits per heavy atom. The van der Waals surface area contributed by atoms with Gasteiger partial charge in [0.2, 0.25) is 5.91 Å². The number of hydrogen-bond donors (Lipinski definition) is 2. The number of H-pyrrole nitrogens is 1. The van der Waals surface area contributed by atoms with Gasteiger partial charge in [-0.3, -0.25) is 23.9 Å². The second-order valence-corrected chi connectivity index (χ2v) is 7.52. The highest BCUT2D eigenvalue weighted by atomic mass is 32.2. The standard InChI is InChI=1S/C20H26N4O5S/c1-3-4-10-23(15(25)12-30-13-16(26)29-2)17-18(21)24(20(28)22-19(17)27)11-14-8-6-5-7-9-14/h5-9H,3-4,10-13,21H2,1-2H3,(H,22,27,28). The number of benzene rings is 1. The molecule has 2 rings (SSSR count). The summed E-state index contributed by atoms with van der Waals surface area (Å²) in [4.78, 5) is 52.6. The maximum absolute atomic E-state index is 12.8. The van der Waals surface area contributed by atoms with Gasteiger partial charge in [0.05, 0.1) is 25.2 Å². The van der Waals surface area contributed by atoms with Crippen molar-refractivity contribution >= 4 is 35.1 Å². The lowest BCUT2D eigenvalue weighted by molar-refractivity contribution is -0.137. The smallest absolute Gasteiger partial charge is 0.330 e. The Balaban J connectivity index is 2.38. The maximum atomic E-state index is 12.8. The number of thioether (sulfide) groups is 1. The van der Waals surface area contributed by atoms with Gasteiger partial charge in [-0.25, -0.2) is 4.79 Å². The number of aromatic amines is 1. The van der Waals surface area contributed by atoms with Crippen LogP contribution in [0.1, 0.15) is 25.3 Å². The summed E-state index contributed by atoms with van der Waals surface area (Å²) in [6.45, 7) is 2.38. The Hall–Kier alpha value is -3.01. The van der Waals surface area contributed by atoms with E-state index in [1.165, 1.54) is 16.6 Å². The van der Waals surface area contributed by atoms with Crippen molar-refractivity contribution in [3.63, 3.8) is 0 Å². The van der Waals surface area contributed by atoms with Crippen LogP contribution < -0.4 is 21.9 Å². The fourth-order valence-electron chi connectivity index (χ4n) is 2.80. The molecule has 0 radical (unpaired) electrons. The van der Waals surface area contributed by atoms with Crippen molar-refractivity contribution in [3.8, 4) is 0 Å². The molecular formula is C20H26N4O5S. The Morgan fingerprint density at radius 1 is 1.20 bits per heavy atom. The molecule has 1 aromatic carbocycles. The van der Waals surface area contributed by atoms with E-state index in [1.54, 1.807) is 0 Å². The normalized spacial score (nSPS) is 10.6. The quantitative estimate of drug-likeness (QED) is 0.538. The predicted molar refractivity (Wildman–Crippen MR) is 118 cm³/mol. The number of ether oxygens (including phenoxy) is 1. The minimum absolute atomic E-state index is 0.0171. The van der Waals surface area contributed by atoms with Gasteiger partial charge >= 0.3 is 11.7 Å². The van der Waals surface area contributed by atoms with E-state index in [0.717, 1.165) is 23.7 Å². The predicted octanol–water partition coefficient (Wildman–Crippen LogP) is 1.21. The van der Waals surface area contributed by atoms with E-state index in [2.05, 4.69) is 9.72 Å². The number of carbonyl (C=O) groups is 2. The van der Waals surface area contributed by atoms with Gasteiger partial charge < -0.3 is 15.4 Å². The van der Waals surface area contributed by atoms with Crippen LogP contribution in [0.25, 0.3) is 0 Å². The lowest BCUT2D eigenvalue weighted by Gasteiger charge is -2.24. The molecule has 2 aromatic rings. The third-order valence-corrected chi connectivity index (χ3v) is 5.27. The summed E-state index contributed by atoms with van der Waals surface area (Å²) in [5, 5.41) is 0. The van der Waals surface area contributed by atoms with E-state index in [4.69, 9.17) is 5.73 Å². The van der Waals surface area contributed by atoms with Gasteiger partial charge in [-0.1, -0.05) is 43.7 Å². The number of aromatic nitrogens is 2. The molecule has 0 atom stereocenters. The molecule has 162 valence electrons. The topological polar surface area (TPSA) is 127 Å². The van der Waals surface area contributed by atoms with Gasteiger partial charge in [0.15, 0.2) is 5.69 Å². The number of nitrogen functional groups attached to an aromatic ring is 1. The molecule has 1 aromatic heterocycles. The van der Waals surface area contributed by atoms with Crippen LogP contribution in [0.2, 0.25) is 0 Å². The largest absolute Gasteiger partial charge is 0.468 e. The van der Waals surface area contributed by atoms with Gasteiger partial charge in [0.1, 0.15) is 5.82 Å². The minimum atomic E-state index is -0.718. The number of rotatable bonds is 10. The first kappa shape index (κ1) is 23.3. The van der Waals surface area contributed by atoms with E-state index in [-0.39, 0.29) is 42.0 Å². The first-order valence-electron chi connectivity index (χ1n) is 9.50. The highest BCUT2D eigenvalue weighted by molar-refractivity contribution is 8.00. The Bertz CT molecular complexity index is 987. The molecule has 0 saturated heterocycles. The fourth-order valence-corrected chi connectivity index (χ4v) is 3.51. The van der Waals surface area contributed by atoms with E-state index < -0.39 is 17.2 Å². The summed E-state index contributed by atoms with van der Waals surface area (Å²) >= 11 is 1.08. The molecule has 0 spiro atoms. The molecular weight excluding hydrogens is 408 g/mol. The molecule has 1 amide bonds. The second-order valence-electron chi connectivity index (χ2n) is 6.53. The van der Waals surface area contributed by atoms with Gasteiger partial charge in [-0.05, 0) is 12.0 Å². The molecule has 1 heterocycles. The summed E-state index contributed by atoms with van der Waals surface area (Å²) in [7, 11) is 1.27. The van der Waals surface area contributed by atoms with Crippen LogP contribution in [0.15, 0.2) is 39.9 Å². The molecule has 10 heteroatoms. The highest BCUT2D eigenvalue weighted by Gasteiger charge is 2.24. The van der Waals surface area contributed by atoms with E-state index in [1.807, 2.05) is 37.3 Å².